The summed E-state index contributed by atoms with van der Waals surface area (Å²) in [5.41, 5.74) is 0.656. The highest BCUT2D eigenvalue weighted by molar-refractivity contribution is 5.84. The van der Waals surface area contributed by atoms with E-state index >= 15 is 0 Å². The van der Waals surface area contributed by atoms with Gasteiger partial charge in [-0.2, -0.15) is 0 Å². The van der Waals surface area contributed by atoms with E-state index in [-0.39, 0.29) is 5.69 Å². The monoisotopic (exact) mass is 278 g/mol. The summed E-state index contributed by atoms with van der Waals surface area (Å²) in [6, 6.07) is 8.13. The number of ether oxygens (including phenoxy) is 1. The zero-order valence-corrected chi connectivity index (χ0v) is 11.2. The molecule has 0 atom stereocenters. The minimum Gasteiger partial charge on any atom is -0.465 e. The molecular weight excluding hydrogens is 263 g/mol. The molecular formula is C14H15FN2O3. The van der Waals surface area contributed by atoms with Gasteiger partial charge in [0.15, 0.2) is 0 Å². The largest absolute Gasteiger partial charge is 0.465 e. The van der Waals surface area contributed by atoms with Gasteiger partial charge in [0.25, 0.3) is 0 Å². The summed E-state index contributed by atoms with van der Waals surface area (Å²) < 4.78 is 23.5. The second-order valence-corrected chi connectivity index (χ2v) is 4.18. The molecule has 0 aliphatic heterocycles. The zero-order valence-electron chi connectivity index (χ0n) is 11.2. The summed E-state index contributed by atoms with van der Waals surface area (Å²) >= 11 is 0. The minimum atomic E-state index is -0.712. The van der Waals surface area contributed by atoms with Gasteiger partial charge in [-0.25, -0.2) is 9.18 Å². The molecule has 0 saturated heterocycles. The Morgan fingerprint density at radius 3 is 2.75 bits per heavy atom. The predicted octanol–water partition coefficient (Wildman–Crippen LogP) is 3.52. The van der Waals surface area contributed by atoms with Gasteiger partial charge in [-0.15, -0.1) is 0 Å². The molecule has 0 unspecified atom stereocenters. The molecule has 2 aromatic rings. The van der Waals surface area contributed by atoms with Crippen LogP contribution in [0.15, 0.2) is 34.7 Å². The highest BCUT2D eigenvalue weighted by Gasteiger charge is 2.07. The molecule has 0 aliphatic carbocycles. The number of halogens is 1. The summed E-state index contributed by atoms with van der Waals surface area (Å²) in [4.78, 5) is 11.0. The van der Waals surface area contributed by atoms with Gasteiger partial charge in [0.05, 0.1) is 19.3 Å². The molecule has 20 heavy (non-hydrogen) atoms. The highest BCUT2D eigenvalue weighted by atomic mass is 19.1. The number of carbonyl (C=O) groups excluding carboxylic acids is 1. The van der Waals surface area contributed by atoms with Crippen LogP contribution in [0, 0.1) is 12.7 Å². The summed E-state index contributed by atoms with van der Waals surface area (Å²) in [5, 5.41) is 5.31. The Morgan fingerprint density at radius 1 is 1.35 bits per heavy atom. The maximum absolute atomic E-state index is 13.7. The molecule has 0 bridgehead atoms. The number of benzene rings is 1. The van der Waals surface area contributed by atoms with Gasteiger partial charge in [0.1, 0.15) is 17.3 Å². The van der Waals surface area contributed by atoms with Crippen molar-refractivity contribution in [1.29, 1.82) is 0 Å². The second kappa shape index (κ2) is 6.10. The first kappa shape index (κ1) is 13.9. The molecule has 0 spiro atoms. The van der Waals surface area contributed by atoms with Crippen LogP contribution < -0.4 is 10.6 Å². The number of hydrogen-bond donors (Lipinski definition) is 2. The van der Waals surface area contributed by atoms with Crippen molar-refractivity contribution in [2.45, 2.75) is 13.5 Å². The van der Waals surface area contributed by atoms with Crippen molar-refractivity contribution in [3.8, 4) is 0 Å². The van der Waals surface area contributed by atoms with E-state index in [0.717, 1.165) is 11.5 Å². The van der Waals surface area contributed by atoms with Crippen LogP contribution in [0.5, 0.6) is 0 Å². The van der Waals surface area contributed by atoms with E-state index in [1.807, 2.05) is 19.1 Å². The van der Waals surface area contributed by atoms with Gasteiger partial charge in [-0.05, 0) is 37.3 Å². The molecule has 1 aromatic carbocycles. The molecule has 0 saturated carbocycles. The lowest BCUT2D eigenvalue weighted by Crippen LogP contribution is -2.12. The second-order valence-electron chi connectivity index (χ2n) is 4.18. The van der Waals surface area contributed by atoms with E-state index in [9.17, 15) is 9.18 Å². The van der Waals surface area contributed by atoms with Crippen molar-refractivity contribution in [3.63, 3.8) is 0 Å². The third-order valence-electron chi connectivity index (χ3n) is 2.65. The normalized spacial score (nSPS) is 10.2. The van der Waals surface area contributed by atoms with E-state index in [1.54, 1.807) is 6.07 Å². The molecule has 1 heterocycles. The SMILES string of the molecule is COC(=O)Nc1ccc(NCc2ccc(C)o2)cc1F. The topological polar surface area (TPSA) is 63.5 Å². The predicted molar refractivity (Wildman–Crippen MR) is 73.2 cm³/mol. The number of amides is 1. The fraction of sp³-hybridized carbons (Fsp3) is 0.214. The Hall–Kier alpha value is -2.50. The Labute approximate surface area is 115 Å². The lowest BCUT2D eigenvalue weighted by atomic mass is 10.2. The van der Waals surface area contributed by atoms with E-state index in [4.69, 9.17) is 4.42 Å². The fourth-order valence-electron chi connectivity index (χ4n) is 1.66. The van der Waals surface area contributed by atoms with Crippen LogP contribution in [-0.4, -0.2) is 13.2 Å². The van der Waals surface area contributed by atoms with E-state index in [1.165, 1.54) is 19.2 Å². The molecule has 106 valence electrons. The summed E-state index contributed by atoms with van der Waals surface area (Å²) in [5.74, 6) is 1.04. The highest BCUT2D eigenvalue weighted by Crippen LogP contribution is 2.20. The molecule has 6 heteroatoms. The number of anilines is 2. The zero-order chi connectivity index (χ0) is 14.5. The maximum atomic E-state index is 13.7. The number of furan rings is 1. The third kappa shape index (κ3) is 3.50. The summed E-state index contributed by atoms with van der Waals surface area (Å²) in [7, 11) is 1.22. The first-order chi connectivity index (χ1) is 9.58. The van der Waals surface area contributed by atoms with Crippen LogP contribution in [0.3, 0.4) is 0 Å². The standard InChI is InChI=1S/C14H15FN2O3/c1-9-3-5-11(20-9)8-16-10-4-6-13(12(15)7-10)17-14(18)19-2/h3-7,16H,8H2,1-2H3,(H,17,18). The maximum Gasteiger partial charge on any atom is 0.411 e. The van der Waals surface area contributed by atoms with E-state index in [2.05, 4.69) is 15.4 Å². The van der Waals surface area contributed by atoms with E-state index in [0.29, 0.717) is 12.2 Å². The number of carbonyl (C=O) groups is 1. The van der Waals surface area contributed by atoms with Gasteiger partial charge < -0.3 is 14.5 Å². The van der Waals surface area contributed by atoms with Gasteiger partial charge >= 0.3 is 6.09 Å². The van der Waals surface area contributed by atoms with Crippen LogP contribution in [-0.2, 0) is 11.3 Å². The quantitative estimate of drug-likeness (QED) is 0.898. The fourth-order valence-corrected chi connectivity index (χ4v) is 1.66. The lowest BCUT2D eigenvalue weighted by Gasteiger charge is -2.08. The molecule has 0 fully saturated rings. The van der Waals surface area contributed by atoms with Gasteiger partial charge in [0, 0.05) is 5.69 Å². The first-order valence-corrected chi connectivity index (χ1v) is 6.02. The molecule has 2 rings (SSSR count). The Balaban J connectivity index is 1.99. The Bertz CT molecular complexity index is 610. The van der Waals surface area contributed by atoms with Crippen LogP contribution in [0.25, 0.3) is 0 Å². The van der Waals surface area contributed by atoms with Gasteiger partial charge in [0.2, 0.25) is 0 Å². The number of hydrogen-bond acceptors (Lipinski definition) is 4. The van der Waals surface area contributed by atoms with Crippen molar-refractivity contribution < 1.29 is 18.3 Å². The number of aryl methyl sites for hydroxylation is 1. The number of methoxy groups -OCH3 is 1. The molecule has 0 aliphatic rings. The number of rotatable bonds is 4. The smallest absolute Gasteiger partial charge is 0.411 e. The molecule has 0 radical (unpaired) electrons. The Kier molecular flexibility index (Phi) is 4.24. The minimum absolute atomic E-state index is 0.0660. The van der Waals surface area contributed by atoms with Crippen LogP contribution >= 0.6 is 0 Å². The number of nitrogens with one attached hydrogen (secondary N) is 2. The van der Waals surface area contributed by atoms with Crippen molar-refractivity contribution >= 4 is 17.5 Å². The van der Waals surface area contributed by atoms with Crippen LogP contribution in [0.4, 0.5) is 20.6 Å². The van der Waals surface area contributed by atoms with Crippen LogP contribution in [0.1, 0.15) is 11.5 Å². The average molecular weight is 278 g/mol. The van der Waals surface area contributed by atoms with Crippen LogP contribution in [0.2, 0.25) is 0 Å². The first-order valence-electron chi connectivity index (χ1n) is 6.02. The third-order valence-corrected chi connectivity index (χ3v) is 2.65. The molecule has 2 N–H and O–H groups in total. The average Bonchev–Trinajstić information content (AvgIpc) is 2.85. The van der Waals surface area contributed by atoms with E-state index < -0.39 is 11.9 Å². The molecule has 5 nitrogen and oxygen atoms in total. The molecule has 1 amide bonds. The van der Waals surface area contributed by atoms with Crippen molar-refractivity contribution in [2.24, 2.45) is 0 Å². The van der Waals surface area contributed by atoms with Crippen molar-refractivity contribution in [1.82, 2.24) is 0 Å². The summed E-state index contributed by atoms with van der Waals surface area (Å²) in [6.07, 6.45) is -0.712. The Morgan fingerprint density at radius 2 is 2.15 bits per heavy atom. The van der Waals surface area contributed by atoms with Crippen molar-refractivity contribution in [2.75, 3.05) is 17.7 Å². The summed E-state index contributed by atoms with van der Waals surface area (Å²) in [6.45, 7) is 2.31. The molecule has 1 aromatic heterocycles. The van der Waals surface area contributed by atoms with Crippen molar-refractivity contribution in [3.05, 3.63) is 47.7 Å². The lowest BCUT2D eigenvalue weighted by molar-refractivity contribution is 0.187. The van der Waals surface area contributed by atoms with Gasteiger partial charge in [-0.3, -0.25) is 5.32 Å². The van der Waals surface area contributed by atoms with Gasteiger partial charge in [-0.1, -0.05) is 0 Å².